The fourth-order valence-electron chi connectivity index (χ4n) is 7.74. The van der Waals surface area contributed by atoms with Crippen LogP contribution >= 0.6 is 0 Å². The molecule has 1 saturated heterocycles. The Morgan fingerprint density at radius 3 is 2.39 bits per heavy atom. The maximum Gasteiger partial charge on any atom is 0.407 e. The Kier molecular flexibility index (Phi) is 14.4. The number of hydrogen-bond acceptors (Lipinski definition) is 10. The molecule has 0 radical (unpaired) electrons. The number of rotatable bonds is 17. The first-order valence-corrected chi connectivity index (χ1v) is 22.0. The number of ether oxygens (including phenoxy) is 4. The van der Waals surface area contributed by atoms with Crippen LogP contribution in [0, 0.1) is 0 Å². The van der Waals surface area contributed by atoms with Crippen LogP contribution in [0.25, 0.3) is 10.9 Å². The van der Waals surface area contributed by atoms with Gasteiger partial charge in [0.1, 0.15) is 24.1 Å². The summed E-state index contributed by atoms with van der Waals surface area (Å²) >= 11 is 0. The van der Waals surface area contributed by atoms with Gasteiger partial charge in [-0.1, -0.05) is 54.6 Å². The Labute approximate surface area is 373 Å². The second-order valence-corrected chi connectivity index (χ2v) is 17.9. The molecule has 4 amide bonds. The second-order valence-electron chi connectivity index (χ2n) is 17.9. The fraction of sp³-hybridized carbons (Fsp3) is 0.438. The number of unbranched alkanes of at least 4 members (excludes halogenated alkanes) is 1. The molecule has 2 aliphatic rings. The highest BCUT2D eigenvalue weighted by Gasteiger charge is 2.37. The molecule has 0 spiro atoms. The zero-order chi connectivity index (χ0) is 45.3. The molecular formula is C48H60N8O8. The van der Waals surface area contributed by atoms with Crippen molar-refractivity contribution in [2.75, 3.05) is 39.5 Å². The van der Waals surface area contributed by atoms with Gasteiger partial charge in [0.25, 0.3) is 0 Å². The van der Waals surface area contributed by atoms with E-state index < -0.39 is 41.1 Å². The zero-order valence-electron chi connectivity index (χ0n) is 37.3. The molecule has 2 atom stereocenters. The minimum absolute atomic E-state index is 0.162. The number of aromatic amines is 2. The molecule has 340 valence electrons. The fourth-order valence-corrected chi connectivity index (χ4v) is 7.74. The van der Waals surface area contributed by atoms with E-state index in [4.69, 9.17) is 23.9 Å². The van der Waals surface area contributed by atoms with Crippen molar-refractivity contribution in [2.24, 2.45) is 0 Å². The maximum atomic E-state index is 14.1. The van der Waals surface area contributed by atoms with E-state index in [0.29, 0.717) is 63.5 Å². The highest BCUT2D eigenvalue weighted by atomic mass is 16.7. The van der Waals surface area contributed by atoms with Gasteiger partial charge in [-0.2, -0.15) is 0 Å². The van der Waals surface area contributed by atoms with E-state index in [1.807, 2.05) is 83.9 Å². The van der Waals surface area contributed by atoms with Crippen molar-refractivity contribution in [3.8, 4) is 11.5 Å². The number of fused-ring (bicyclic) bond motifs is 2. The highest BCUT2D eigenvalue weighted by Crippen LogP contribution is 2.33. The molecule has 2 aromatic heterocycles. The van der Waals surface area contributed by atoms with E-state index in [-0.39, 0.29) is 25.9 Å². The quantitative estimate of drug-likeness (QED) is 0.0501. The lowest BCUT2D eigenvalue weighted by molar-refractivity contribution is -0.159. The minimum atomic E-state index is -1.17. The number of hydrogen-bond donors (Lipinski definition) is 5. The molecule has 0 saturated carbocycles. The first kappa shape index (κ1) is 45.5. The average molecular weight is 877 g/mol. The van der Waals surface area contributed by atoms with E-state index in [9.17, 15) is 19.2 Å². The molecule has 64 heavy (non-hydrogen) atoms. The van der Waals surface area contributed by atoms with Gasteiger partial charge in [-0.3, -0.25) is 9.69 Å². The van der Waals surface area contributed by atoms with E-state index in [0.717, 1.165) is 45.6 Å². The van der Waals surface area contributed by atoms with Crippen molar-refractivity contribution in [3.05, 3.63) is 113 Å². The van der Waals surface area contributed by atoms with Gasteiger partial charge in [-0.15, -0.1) is 0 Å². The van der Waals surface area contributed by atoms with Crippen LogP contribution in [0.15, 0.2) is 85.2 Å². The third-order valence-corrected chi connectivity index (χ3v) is 11.5. The topological polar surface area (TPSA) is 192 Å². The summed E-state index contributed by atoms with van der Waals surface area (Å²) in [6.07, 6.45) is 4.81. The molecule has 2 aliphatic heterocycles. The van der Waals surface area contributed by atoms with Gasteiger partial charge in [0, 0.05) is 74.7 Å². The average Bonchev–Trinajstić information content (AvgIpc) is 4.06. The summed E-state index contributed by atoms with van der Waals surface area (Å²) < 4.78 is 22.0. The Hall–Kier alpha value is -6.55. The Bertz CT molecular complexity index is 2380. The van der Waals surface area contributed by atoms with Crippen molar-refractivity contribution < 1.29 is 38.1 Å². The summed E-state index contributed by atoms with van der Waals surface area (Å²) in [6, 6.07) is 21.7. The van der Waals surface area contributed by atoms with Crippen LogP contribution < -0.4 is 25.4 Å². The Morgan fingerprint density at radius 2 is 1.61 bits per heavy atom. The Morgan fingerprint density at radius 1 is 0.859 bits per heavy atom. The smallest absolute Gasteiger partial charge is 0.407 e. The van der Waals surface area contributed by atoms with Gasteiger partial charge in [0.05, 0.1) is 11.5 Å². The number of benzene rings is 3. The number of H-pyrrole nitrogens is 2. The molecule has 0 aliphatic carbocycles. The molecular weight excluding hydrogens is 817 g/mol. The van der Waals surface area contributed by atoms with Crippen LogP contribution in [0.4, 0.5) is 9.59 Å². The zero-order valence-corrected chi connectivity index (χ0v) is 37.3. The predicted octanol–water partition coefficient (Wildman–Crippen LogP) is 6.63. The minimum Gasteiger partial charge on any atom is -0.458 e. The third kappa shape index (κ3) is 11.9. The third-order valence-electron chi connectivity index (χ3n) is 11.5. The monoisotopic (exact) mass is 876 g/mol. The molecule has 16 nitrogen and oxygen atoms in total. The number of amides is 4. The highest BCUT2D eigenvalue weighted by molar-refractivity contribution is 5.91. The maximum absolute atomic E-state index is 14.1. The van der Waals surface area contributed by atoms with Gasteiger partial charge >= 0.3 is 18.1 Å². The molecule has 3 aromatic carbocycles. The summed E-state index contributed by atoms with van der Waals surface area (Å²) in [4.78, 5) is 69.4. The number of nitrogens with zero attached hydrogens (tertiary/aromatic N) is 3. The van der Waals surface area contributed by atoms with E-state index in [1.54, 1.807) is 40.8 Å². The van der Waals surface area contributed by atoms with Gasteiger partial charge in [-0.25, -0.2) is 19.4 Å². The molecule has 4 heterocycles. The van der Waals surface area contributed by atoms with Gasteiger partial charge in [-0.05, 0) is 88.8 Å². The number of carbonyl (C=O) groups excluding carboxylic acids is 4. The predicted molar refractivity (Wildman–Crippen MR) is 241 cm³/mol. The lowest BCUT2D eigenvalue weighted by Gasteiger charge is -2.35. The van der Waals surface area contributed by atoms with Crippen LogP contribution in [-0.2, 0) is 44.1 Å². The number of para-hydroxylation sites is 1. The molecule has 0 bridgehead atoms. The lowest BCUT2D eigenvalue weighted by Crippen LogP contribution is -2.52. The summed E-state index contributed by atoms with van der Waals surface area (Å²) in [5.74, 6) is 1.05. The van der Waals surface area contributed by atoms with Gasteiger partial charge in [0.15, 0.2) is 11.5 Å². The molecule has 16 heteroatoms. The lowest BCUT2D eigenvalue weighted by atomic mass is 9.88. The van der Waals surface area contributed by atoms with E-state index >= 15 is 0 Å². The van der Waals surface area contributed by atoms with Crippen LogP contribution in [0.1, 0.15) is 88.1 Å². The van der Waals surface area contributed by atoms with Crippen LogP contribution in [0.3, 0.4) is 0 Å². The van der Waals surface area contributed by atoms with Crippen molar-refractivity contribution in [3.63, 3.8) is 0 Å². The summed E-state index contributed by atoms with van der Waals surface area (Å²) in [7, 11) is 0. The molecule has 2 unspecified atom stereocenters. The molecule has 7 rings (SSSR count). The van der Waals surface area contributed by atoms with Crippen molar-refractivity contribution in [1.82, 2.24) is 40.7 Å². The van der Waals surface area contributed by atoms with Gasteiger partial charge < -0.3 is 49.8 Å². The first-order chi connectivity index (χ1) is 30.7. The largest absolute Gasteiger partial charge is 0.458 e. The molecule has 5 N–H and O–H groups in total. The summed E-state index contributed by atoms with van der Waals surface area (Å²) in [5, 5.41) is 9.98. The van der Waals surface area contributed by atoms with E-state index in [1.165, 1.54) is 0 Å². The van der Waals surface area contributed by atoms with Crippen LogP contribution in [-0.4, -0.2) is 99.9 Å². The van der Waals surface area contributed by atoms with Crippen LogP contribution in [0.5, 0.6) is 11.5 Å². The number of nitrogens with one attached hydrogen (secondary N) is 5. The molecule has 1 fully saturated rings. The number of piperazine rings is 1. The normalized spacial score (nSPS) is 15.0. The number of esters is 1. The second kappa shape index (κ2) is 20.3. The van der Waals surface area contributed by atoms with Crippen molar-refractivity contribution in [2.45, 2.75) is 96.6 Å². The van der Waals surface area contributed by atoms with Crippen molar-refractivity contribution in [1.29, 1.82) is 0 Å². The standard InChI is InChI=1S/C48H60N8O8/c1-47(2,3)64-43(57)37(17-11-12-20-49-46(60)61-30-32-13-7-6-8-14-32)52-44(58)48(4,5)41-28-51-42(54-41)38(26-34-27-50-36-16-10-9-15-35(34)36)53-45(59)56-23-21-55(22-24-56)29-33-18-19-39-40(25-33)63-31-62-39/h6-10,13-16,18-19,25,27-28,37-38,50H,11-12,17,20-24,26,29-31H2,1-5H3,(H,49,60)(H,51,54)(H,52,58)(H,53,59). The molecule has 5 aromatic rings. The summed E-state index contributed by atoms with van der Waals surface area (Å²) in [6.45, 7) is 12.8. The van der Waals surface area contributed by atoms with Crippen molar-refractivity contribution >= 4 is 34.9 Å². The van der Waals surface area contributed by atoms with Crippen LogP contribution in [0.2, 0.25) is 0 Å². The SMILES string of the molecule is CC(C)(C)OC(=O)C(CCCCNC(=O)OCc1ccccc1)NC(=O)C(C)(C)c1cnc(C(Cc2c[nH]c3ccccc23)NC(=O)N2CCN(Cc3ccc4c(c3)OCO4)CC2)[nH]1. The Balaban J connectivity index is 0.984. The number of aromatic nitrogens is 3. The number of urea groups is 1. The van der Waals surface area contributed by atoms with E-state index in [2.05, 4.69) is 30.8 Å². The van der Waals surface area contributed by atoms with Gasteiger partial charge in [0.2, 0.25) is 12.7 Å². The first-order valence-electron chi connectivity index (χ1n) is 22.0. The summed E-state index contributed by atoms with van der Waals surface area (Å²) in [5.41, 5.74) is 2.56. The number of carbonyl (C=O) groups is 4. The number of alkyl carbamates (subject to hydrolysis) is 1. The number of imidazole rings is 1.